The molecule has 0 radical (unpaired) electrons. The van der Waals surface area contributed by atoms with Crippen molar-refractivity contribution in [1.29, 1.82) is 0 Å². The van der Waals surface area contributed by atoms with Crippen molar-refractivity contribution in [2.75, 3.05) is 14.2 Å². The Morgan fingerprint density at radius 1 is 1.21 bits per heavy atom. The molecule has 150 valence electrons. The molecule has 2 aromatic carbocycles. The zero-order chi connectivity index (χ0) is 20.8. The second kappa shape index (κ2) is 9.05. The monoisotopic (exact) mass is 395 g/mol. The minimum Gasteiger partial charge on any atom is -0.497 e. The summed E-state index contributed by atoms with van der Waals surface area (Å²) in [6.45, 7) is 0. The van der Waals surface area contributed by atoms with Crippen LogP contribution < -0.4 is 14.8 Å². The van der Waals surface area contributed by atoms with Crippen LogP contribution in [0.4, 0.5) is 4.39 Å². The van der Waals surface area contributed by atoms with E-state index in [1.165, 1.54) is 18.2 Å². The Hall–Kier alpha value is -3.61. The van der Waals surface area contributed by atoms with Crippen molar-refractivity contribution in [1.82, 2.24) is 14.9 Å². The number of hydrogen-bond donors (Lipinski definition) is 1. The Morgan fingerprint density at radius 3 is 2.69 bits per heavy atom. The fraction of sp³-hybridized carbons (Fsp3) is 0.182. The number of aryl methyl sites for hydroxylation is 1. The molecule has 0 aliphatic carbocycles. The maximum Gasteiger partial charge on any atom is 0.244 e. The lowest BCUT2D eigenvalue weighted by Gasteiger charge is -2.18. The molecular weight excluding hydrogens is 373 g/mol. The molecule has 0 fully saturated rings. The molecule has 1 unspecified atom stereocenters. The summed E-state index contributed by atoms with van der Waals surface area (Å²) in [6.07, 6.45) is 6.45. The molecule has 7 heteroatoms. The zero-order valence-corrected chi connectivity index (χ0v) is 16.4. The highest BCUT2D eigenvalue weighted by molar-refractivity contribution is 5.92. The number of methoxy groups -OCH3 is 2. The number of benzene rings is 2. The van der Waals surface area contributed by atoms with Gasteiger partial charge in [0.15, 0.2) is 0 Å². The largest absolute Gasteiger partial charge is 0.497 e. The number of hydrogen-bond acceptors (Lipinski definition) is 4. The number of imidazole rings is 1. The second-order valence-corrected chi connectivity index (χ2v) is 6.33. The van der Waals surface area contributed by atoms with E-state index in [2.05, 4.69) is 10.3 Å². The van der Waals surface area contributed by atoms with E-state index in [4.69, 9.17) is 9.47 Å². The van der Waals surface area contributed by atoms with E-state index in [0.717, 1.165) is 5.56 Å². The Morgan fingerprint density at radius 2 is 2.03 bits per heavy atom. The number of amides is 1. The molecule has 0 saturated carbocycles. The van der Waals surface area contributed by atoms with Gasteiger partial charge < -0.3 is 19.4 Å². The number of aromatic nitrogens is 2. The van der Waals surface area contributed by atoms with E-state index in [-0.39, 0.29) is 11.7 Å². The predicted octanol–water partition coefficient (Wildman–Crippen LogP) is 3.50. The van der Waals surface area contributed by atoms with Gasteiger partial charge in [-0.15, -0.1) is 0 Å². The van der Waals surface area contributed by atoms with Crippen LogP contribution in [0.1, 0.15) is 23.0 Å². The highest BCUT2D eigenvalue weighted by Crippen LogP contribution is 2.26. The first-order valence-corrected chi connectivity index (χ1v) is 8.95. The third-order valence-electron chi connectivity index (χ3n) is 4.44. The number of nitrogens with one attached hydrogen (secondary N) is 1. The molecule has 3 aromatic rings. The van der Waals surface area contributed by atoms with Crippen molar-refractivity contribution in [2.24, 2.45) is 7.05 Å². The van der Waals surface area contributed by atoms with Gasteiger partial charge in [-0.25, -0.2) is 9.37 Å². The number of carbonyl (C=O) groups is 1. The first kappa shape index (κ1) is 20.1. The second-order valence-electron chi connectivity index (χ2n) is 6.33. The van der Waals surface area contributed by atoms with E-state index in [1.807, 2.05) is 7.05 Å². The SMILES string of the molecule is COc1ccc(/C=C/C(=O)NC(c2cccc(F)c2)c2nccn2C)c(OC)c1. The van der Waals surface area contributed by atoms with Crippen LogP contribution in [-0.2, 0) is 11.8 Å². The standard InChI is InChI=1S/C22H22FN3O3/c1-26-12-11-24-22(26)21(16-5-4-6-17(23)13-16)25-20(27)10-8-15-7-9-18(28-2)14-19(15)29-3/h4-14,21H,1-3H3,(H,25,27)/b10-8+. The molecule has 1 heterocycles. The van der Waals surface area contributed by atoms with Crippen LogP contribution in [0.15, 0.2) is 60.9 Å². The van der Waals surface area contributed by atoms with Gasteiger partial charge in [-0.3, -0.25) is 4.79 Å². The molecule has 1 N–H and O–H groups in total. The van der Waals surface area contributed by atoms with Crippen LogP contribution in [-0.4, -0.2) is 29.7 Å². The molecule has 0 aliphatic rings. The van der Waals surface area contributed by atoms with Gasteiger partial charge in [0.05, 0.1) is 14.2 Å². The fourth-order valence-electron chi connectivity index (χ4n) is 2.95. The normalized spacial score (nSPS) is 12.0. The molecule has 1 aromatic heterocycles. The molecule has 0 bridgehead atoms. The lowest BCUT2D eigenvalue weighted by molar-refractivity contribution is -0.117. The van der Waals surface area contributed by atoms with E-state index in [0.29, 0.717) is 22.9 Å². The van der Waals surface area contributed by atoms with Crippen LogP contribution in [0.3, 0.4) is 0 Å². The molecule has 0 saturated heterocycles. The molecule has 29 heavy (non-hydrogen) atoms. The fourth-order valence-corrected chi connectivity index (χ4v) is 2.95. The van der Waals surface area contributed by atoms with Crippen LogP contribution in [0.5, 0.6) is 11.5 Å². The first-order chi connectivity index (χ1) is 14.0. The van der Waals surface area contributed by atoms with Crippen LogP contribution in [0, 0.1) is 5.82 Å². The third-order valence-corrected chi connectivity index (χ3v) is 4.44. The Kier molecular flexibility index (Phi) is 6.29. The number of carbonyl (C=O) groups excluding carboxylic acids is 1. The third kappa shape index (κ3) is 4.82. The van der Waals surface area contributed by atoms with E-state index >= 15 is 0 Å². The first-order valence-electron chi connectivity index (χ1n) is 8.95. The van der Waals surface area contributed by atoms with Crippen molar-refractivity contribution in [2.45, 2.75) is 6.04 Å². The van der Waals surface area contributed by atoms with Gasteiger partial charge in [-0.2, -0.15) is 0 Å². The lowest BCUT2D eigenvalue weighted by Crippen LogP contribution is -2.29. The Bertz CT molecular complexity index is 1030. The molecule has 1 amide bonds. The Labute approximate surface area is 168 Å². The van der Waals surface area contributed by atoms with Crippen molar-refractivity contribution in [3.8, 4) is 11.5 Å². The van der Waals surface area contributed by atoms with Crippen LogP contribution >= 0.6 is 0 Å². The lowest BCUT2D eigenvalue weighted by atomic mass is 10.1. The summed E-state index contributed by atoms with van der Waals surface area (Å²) in [6, 6.07) is 10.8. The minimum atomic E-state index is -0.597. The molecular formula is C22H22FN3O3. The Balaban J connectivity index is 1.84. The van der Waals surface area contributed by atoms with Crippen molar-refractivity contribution in [3.05, 3.63) is 83.7 Å². The van der Waals surface area contributed by atoms with Gasteiger partial charge in [-0.05, 0) is 35.9 Å². The van der Waals surface area contributed by atoms with Gasteiger partial charge in [-0.1, -0.05) is 12.1 Å². The molecule has 0 aliphatic heterocycles. The minimum absolute atomic E-state index is 0.347. The highest BCUT2D eigenvalue weighted by atomic mass is 19.1. The van der Waals surface area contributed by atoms with Crippen LogP contribution in [0.2, 0.25) is 0 Å². The molecule has 3 rings (SSSR count). The number of rotatable bonds is 7. The van der Waals surface area contributed by atoms with Gasteiger partial charge >= 0.3 is 0 Å². The number of nitrogens with zero attached hydrogens (tertiary/aromatic N) is 2. The van der Waals surface area contributed by atoms with Crippen molar-refractivity contribution in [3.63, 3.8) is 0 Å². The molecule has 1 atom stereocenters. The maximum atomic E-state index is 13.7. The van der Waals surface area contributed by atoms with Gasteiger partial charge in [0.2, 0.25) is 5.91 Å². The average molecular weight is 395 g/mol. The van der Waals surface area contributed by atoms with E-state index in [9.17, 15) is 9.18 Å². The smallest absolute Gasteiger partial charge is 0.244 e. The summed E-state index contributed by atoms with van der Waals surface area (Å²) in [5.74, 6) is 1.11. The summed E-state index contributed by atoms with van der Waals surface area (Å²) in [7, 11) is 4.94. The topological polar surface area (TPSA) is 65.4 Å². The van der Waals surface area contributed by atoms with Crippen molar-refractivity contribution >= 4 is 12.0 Å². The van der Waals surface area contributed by atoms with Crippen molar-refractivity contribution < 1.29 is 18.7 Å². The maximum absolute atomic E-state index is 13.7. The summed E-state index contributed by atoms with van der Waals surface area (Å²) >= 11 is 0. The summed E-state index contributed by atoms with van der Waals surface area (Å²) in [5.41, 5.74) is 1.32. The molecule has 0 spiro atoms. The average Bonchev–Trinajstić information content (AvgIpc) is 3.15. The predicted molar refractivity (Wildman–Crippen MR) is 108 cm³/mol. The zero-order valence-electron chi connectivity index (χ0n) is 16.4. The summed E-state index contributed by atoms with van der Waals surface area (Å²) in [4.78, 5) is 16.9. The van der Waals surface area contributed by atoms with Gasteiger partial charge in [0.1, 0.15) is 29.2 Å². The van der Waals surface area contributed by atoms with E-state index in [1.54, 1.807) is 67.6 Å². The highest BCUT2D eigenvalue weighted by Gasteiger charge is 2.20. The van der Waals surface area contributed by atoms with Crippen LogP contribution in [0.25, 0.3) is 6.08 Å². The molecule has 6 nitrogen and oxygen atoms in total. The van der Waals surface area contributed by atoms with Gasteiger partial charge in [0, 0.05) is 37.1 Å². The number of halogens is 1. The number of ether oxygens (including phenoxy) is 2. The summed E-state index contributed by atoms with van der Waals surface area (Å²) < 4.78 is 26.0. The van der Waals surface area contributed by atoms with E-state index < -0.39 is 6.04 Å². The summed E-state index contributed by atoms with van der Waals surface area (Å²) in [5, 5.41) is 2.89. The van der Waals surface area contributed by atoms with Gasteiger partial charge in [0.25, 0.3) is 0 Å². The quantitative estimate of drug-likeness (QED) is 0.622.